The lowest BCUT2D eigenvalue weighted by Gasteiger charge is -2.49. The molecule has 228 valence electrons. The van der Waals surface area contributed by atoms with Gasteiger partial charge in [0.1, 0.15) is 28.8 Å². The molecule has 0 amide bonds. The Kier molecular flexibility index (Phi) is 15.3. The van der Waals surface area contributed by atoms with Gasteiger partial charge in [0.2, 0.25) is 0 Å². The number of aliphatic hydroxyl groups is 8. The van der Waals surface area contributed by atoms with Crippen molar-refractivity contribution in [2.45, 2.75) is 108 Å². The maximum Gasteiger partial charge on any atom is 0.195 e. The van der Waals surface area contributed by atoms with Gasteiger partial charge in [0.25, 0.3) is 0 Å². The van der Waals surface area contributed by atoms with Crippen molar-refractivity contribution in [3.05, 3.63) is 0 Å². The number of carbonyl (C=O) groups excluding carboxylic acids is 4. The zero-order chi connectivity index (χ0) is 30.7. The molecule has 0 saturated heterocycles. The molecule has 0 aromatic rings. The molecule has 0 heterocycles. The van der Waals surface area contributed by atoms with Crippen LogP contribution in [0.1, 0.15) is 78.6 Å². The summed E-state index contributed by atoms with van der Waals surface area (Å²) in [5.41, 5.74) is -6.29. The Morgan fingerprint density at radius 3 is 1.46 bits per heavy atom. The summed E-state index contributed by atoms with van der Waals surface area (Å²) >= 11 is 0. The molecule has 13 nitrogen and oxygen atoms in total. The van der Waals surface area contributed by atoms with Crippen molar-refractivity contribution in [3.63, 3.8) is 0 Å². The Labute approximate surface area is 228 Å². The van der Waals surface area contributed by atoms with Crippen LogP contribution < -0.4 is 5.73 Å². The molecule has 0 aliphatic heterocycles. The minimum atomic E-state index is -3.58. The largest absolute Gasteiger partial charge is 0.393 e. The number of hydrogen-bond donors (Lipinski definition) is 9. The molecule has 0 bridgehead atoms. The topological polar surface area (TPSA) is 256 Å². The summed E-state index contributed by atoms with van der Waals surface area (Å²) < 4.78 is 0. The molecule has 6 unspecified atom stereocenters. The van der Waals surface area contributed by atoms with E-state index in [1.807, 2.05) is 0 Å². The van der Waals surface area contributed by atoms with Gasteiger partial charge in [0.15, 0.2) is 28.7 Å². The number of aliphatic hydroxyl groups excluding tert-OH is 6. The van der Waals surface area contributed by atoms with Crippen LogP contribution in [0, 0.1) is 5.41 Å². The van der Waals surface area contributed by atoms with Gasteiger partial charge in [-0.3, -0.25) is 19.2 Å². The van der Waals surface area contributed by atoms with Crippen molar-refractivity contribution >= 4 is 23.1 Å². The number of Topliss-reactive ketones (excluding diaryl/α,β-unsaturated/α-hetero) is 4. The number of rotatable bonds is 22. The monoisotopic (exact) mass is 565 g/mol. The number of unbranched alkanes of at least 4 members (excludes halogenated alkanes) is 7. The Morgan fingerprint density at radius 2 is 1.05 bits per heavy atom. The fourth-order valence-electron chi connectivity index (χ4n) is 4.70. The maximum absolute atomic E-state index is 13.9. The highest BCUT2D eigenvalue weighted by atomic mass is 16.4. The average molecular weight is 566 g/mol. The van der Waals surface area contributed by atoms with Gasteiger partial charge in [-0.25, -0.2) is 0 Å². The van der Waals surface area contributed by atoms with E-state index >= 15 is 0 Å². The molecule has 0 aliphatic rings. The molecule has 0 fully saturated rings. The Morgan fingerprint density at radius 1 is 0.667 bits per heavy atom. The lowest BCUT2D eigenvalue weighted by Crippen LogP contribution is -2.79. The Bertz CT molecular complexity index is 830. The first-order valence-corrected chi connectivity index (χ1v) is 13.2. The number of hydrogen-bond acceptors (Lipinski definition) is 13. The number of ketones is 4. The van der Waals surface area contributed by atoms with Crippen molar-refractivity contribution in [1.82, 2.24) is 0 Å². The zero-order valence-electron chi connectivity index (χ0n) is 23.1. The molecular formula is C26H47NO12. The van der Waals surface area contributed by atoms with E-state index in [4.69, 9.17) is 5.73 Å². The van der Waals surface area contributed by atoms with E-state index in [9.17, 15) is 60.0 Å². The first-order valence-electron chi connectivity index (χ1n) is 13.2. The van der Waals surface area contributed by atoms with Crippen molar-refractivity contribution in [3.8, 4) is 0 Å². The zero-order valence-corrected chi connectivity index (χ0v) is 23.1. The van der Waals surface area contributed by atoms with Crippen LogP contribution in [-0.4, -0.2) is 119 Å². The average Bonchev–Trinajstić information content (AvgIpc) is 2.93. The highest BCUT2D eigenvalue weighted by Gasteiger charge is 2.71. The fourth-order valence-corrected chi connectivity index (χ4v) is 4.70. The van der Waals surface area contributed by atoms with Gasteiger partial charge in [-0.1, -0.05) is 58.3 Å². The molecule has 0 aromatic heterocycles. The van der Waals surface area contributed by atoms with Crippen LogP contribution in [-0.2, 0) is 19.2 Å². The lowest BCUT2D eigenvalue weighted by molar-refractivity contribution is -0.178. The van der Waals surface area contributed by atoms with E-state index in [-0.39, 0.29) is 6.42 Å². The minimum Gasteiger partial charge on any atom is -0.393 e. The second kappa shape index (κ2) is 15.9. The predicted octanol–water partition coefficient (Wildman–Crippen LogP) is -2.33. The molecule has 13 heteroatoms. The molecule has 0 aromatic carbocycles. The fraction of sp³-hybridized carbons (Fsp3) is 0.846. The van der Waals surface area contributed by atoms with Gasteiger partial charge in [-0.15, -0.1) is 0 Å². The van der Waals surface area contributed by atoms with Crippen LogP contribution in [0.2, 0.25) is 0 Å². The molecule has 6 atom stereocenters. The van der Waals surface area contributed by atoms with E-state index in [1.54, 1.807) is 0 Å². The molecule has 0 radical (unpaired) electrons. The van der Waals surface area contributed by atoms with Gasteiger partial charge < -0.3 is 46.6 Å². The molecule has 0 rings (SSSR count). The van der Waals surface area contributed by atoms with E-state index < -0.39 is 90.3 Å². The highest BCUT2D eigenvalue weighted by Crippen LogP contribution is 2.45. The first kappa shape index (κ1) is 37.3. The molecular weight excluding hydrogens is 518 g/mol. The van der Waals surface area contributed by atoms with E-state index in [0.29, 0.717) is 12.8 Å². The third kappa shape index (κ3) is 8.18. The maximum atomic E-state index is 13.9. The minimum absolute atomic E-state index is 0.0963. The third-order valence-electron chi connectivity index (χ3n) is 7.18. The summed E-state index contributed by atoms with van der Waals surface area (Å²) in [4.78, 5) is 54.8. The summed E-state index contributed by atoms with van der Waals surface area (Å²) in [7, 11) is 0. The SMILES string of the molecule is CCCCCCCCCCC(C(=O)C(O)CO)(C(=O)C(C)(O)CO)C(N)(C(=O)C(O)CO)C(=O)C(C)(O)CO. The van der Waals surface area contributed by atoms with Crippen molar-refractivity contribution in [2.75, 3.05) is 26.4 Å². The van der Waals surface area contributed by atoms with E-state index in [0.717, 1.165) is 46.0 Å². The molecule has 39 heavy (non-hydrogen) atoms. The summed E-state index contributed by atoms with van der Waals surface area (Å²) in [6.45, 7) is -1.78. The van der Waals surface area contributed by atoms with Crippen LogP contribution in [0.4, 0.5) is 0 Å². The predicted molar refractivity (Wildman–Crippen MR) is 138 cm³/mol. The second-order valence-electron chi connectivity index (χ2n) is 10.6. The van der Waals surface area contributed by atoms with Crippen LogP contribution >= 0.6 is 0 Å². The van der Waals surface area contributed by atoms with Gasteiger partial charge >= 0.3 is 0 Å². The molecule has 10 N–H and O–H groups in total. The van der Waals surface area contributed by atoms with Gasteiger partial charge in [0.05, 0.1) is 26.4 Å². The Hall–Kier alpha value is -1.68. The molecule has 0 saturated carbocycles. The summed E-state index contributed by atoms with van der Waals surface area (Å²) in [6.07, 6.45) is -0.136. The van der Waals surface area contributed by atoms with Gasteiger partial charge in [-0.2, -0.15) is 0 Å². The van der Waals surface area contributed by atoms with Gasteiger partial charge in [-0.05, 0) is 20.3 Å². The van der Waals surface area contributed by atoms with E-state index in [2.05, 4.69) is 6.92 Å². The van der Waals surface area contributed by atoms with Gasteiger partial charge in [0, 0.05) is 0 Å². The lowest BCUT2D eigenvalue weighted by atomic mass is 9.53. The van der Waals surface area contributed by atoms with Crippen molar-refractivity contribution < 1.29 is 60.0 Å². The normalized spacial score (nSPS) is 19.6. The third-order valence-corrected chi connectivity index (χ3v) is 7.18. The van der Waals surface area contributed by atoms with Crippen LogP contribution in [0.3, 0.4) is 0 Å². The van der Waals surface area contributed by atoms with Crippen molar-refractivity contribution in [1.29, 1.82) is 0 Å². The summed E-state index contributed by atoms with van der Waals surface area (Å²) in [5.74, 6) is -7.02. The summed E-state index contributed by atoms with van der Waals surface area (Å²) in [5, 5.41) is 80.3. The number of carbonyl (C=O) groups is 4. The van der Waals surface area contributed by atoms with E-state index in [1.165, 1.54) is 0 Å². The van der Waals surface area contributed by atoms with Crippen LogP contribution in [0.25, 0.3) is 0 Å². The number of nitrogens with two attached hydrogens (primary N) is 1. The molecule has 0 spiro atoms. The second-order valence-corrected chi connectivity index (χ2v) is 10.6. The van der Waals surface area contributed by atoms with Crippen LogP contribution in [0.15, 0.2) is 0 Å². The molecule has 0 aliphatic carbocycles. The highest BCUT2D eigenvalue weighted by molar-refractivity contribution is 6.27. The summed E-state index contributed by atoms with van der Waals surface area (Å²) in [6, 6.07) is 0. The van der Waals surface area contributed by atoms with Crippen LogP contribution in [0.5, 0.6) is 0 Å². The standard InChI is InChI=1S/C26H47NO12/c1-4-5-6-7-8-9-10-11-12-25(19(34)17(32)13-28,21(36)23(2,38)15-30)26(27,20(35)18(33)14-29)22(37)24(3,39)16-31/h17-18,28-33,38-39H,4-16,27H2,1-3H3. The Balaban J connectivity index is 7.26. The van der Waals surface area contributed by atoms with Crippen molar-refractivity contribution in [2.24, 2.45) is 11.1 Å². The quantitative estimate of drug-likeness (QED) is 0.0493. The smallest absolute Gasteiger partial charge is 0.195 e. The first-order chi connectivity index (χ1) is 18.0.